The van der Waals surface area contributed by atoms with Crippen molar-refractivity contribution in [3.8, 4) is 5.75 Å². The normalized spacial score (nSPS) is 16.0. The molecule has 152 valence electrons. The minimum atomic E-state index is 0.349. The Morgan fingerprint density at radius 1 is 1.10 bits per heavy atom. The highest BCUT2D eigenvalue weighted by atomic mass is 16.5. The van der Waals surface area contributed by atoms with Gasteiger partial charge >= 0.3 is 0 Å². The zero-order valence-corrected chi connectivity index (χ0v) is 16.7. The Hall–Kier alpha value is -3.81. The molecule has 5 rings (SSSR count). The van der Waals surface area contributed by atoms with E-state index in [0.29, 0.717) is 6.04 Å². The Kier molecular flexibility index (Phi) is 4.80. The topological polar surface area (TPSA) is 91.0 Å². The summed E-state index contributed by atoms with van der Waals surface area (Å²) in [6.45, 7) is 1.77. The van der Waals surface area contributed by atoms with E-state index < -0.39 is 0 Å². The largest absolute Gasteiger partial charge is 0.497 e. The van der Waals surface area contributed by atoms with E-state index in [1.165, 1.54) is 0 Å². The molecule has 2 aromatic heterocycles. The molecule has 1 aliphatic rings. The fourth-order valence-electron chi connectivity index (χ4n) is 3.72. The highest BCUT2D eigenvalue weighted by Crippen LogP contribution is 2.24. The first-order valence-corrected chi connectivity index (χ1v) is 9.95. The summed E-state index contributed by atoms with van der Waals surface area (Å²) in [5.74, 6) is 2.37. The number of H-pyrrole nitrogens is 1. The third-order valence-corrected chi connectivity index (χ3v) is 5.29. The summed E-state index contributed by atoms with van der Waals surface area (Å²) in [6, 6.07) is 16.3. The van der Waals surface area contributed by atoms with Gasteiger partial charge in [-0.05, 0) is 55.0 Å². The summed E-state index contributed by atoms with van der Waals surface area (Å²) in [7, 11) is 1.68. The highest BCUT2D eigenvalue weighted by Gasteiger charge is 2.24. The van der Waals surface area contributed by atoms with Crippen molar-refractivity contribution in [3.63, 3.8) is 0 Å². The lowest BCUT2D eigenvalue weighted by Crippen LogP contribution is -2.27. The van der Waals surface area contributed by atoms with Gasteiger partial charge in [0.15, 0.2) is 0 Å². The highest BCUT2D eigenvalue weighted by molar-refractivity contribution is 5.82. The van der Waals surface area contributed by atoms with Gasteiger partial charge in [-0.25, -0.2) is 4.98 Å². The summed E-state index contributed by atoms with van der Waals surface area (Å²) in [4.78, 5) is 11.4. The molecule has 2 aromatic carbocycles. The quantitative estimate of drug-likeness (QED) is 0.453. The maximum absolute atomic E-state index is 5.22. The maximum Gasteiger partial charge on any atom is 0.227 e. The summed E-state index contributed by atoms with van der Waals surface area (Å²) < 4.78 is 5.22. The molecule has 0 spiro atoms. The van der Waals surface area contributed by atoms with Crippen molar-refractivity contribution >= 4 is 34.0 Å². The minimum absolute atomic E-state index is 0.349. The molecule has 30 heavy (non-hydrogen) atoms. The fourth-order valence-corrected chi connectivity index (χ4v) is 3.72. The first-order valence-electron chi connectivity index (χ1n) is 9.95. The van der Waals surface area contributed by atoms with Gasteiger partial charge in [0.2, 0.25) is 5.95 Å². The van der Waals surface area contributed by atoms with Crippen LogP contribution in [0.3, 0.4) is 0 Å². The predicted molar refractivity (Wildman–Crippen MR) is 119 cm³/mol. The lowest BCUT2D eigenvalue weighted by atomic mass is 10.2. The van der Waals surface area contributed by atoms with Crippen molar-refractivity contribution in [2.75, 3.05) is 35.7 Å². The molecule has 1 atom stereocenters. The van der Waals surface area contributed by atoms with Gasteiger partial charge in [-0.15, -0.1) is 0 Å². The number of anilines is 4. The summed E-state index contributed by atoms with van der Waals surface area (Å²) in [5, 5.41) is 15.0. The molecule has 0 bridgehead atoms. The summed E-state index contributed by atoms with van der Waals surface area (Å²) >= 11 is 0. The van der Waals surface area contributed by atoms with E-state index >= 15 is 0 Å². The van der Waals surface area contributed by atoms with Gasteiger partial charge in [0, 0.05) is 42.1 Å². The lowest BCUT2D eigenvalue weighted by Gasteiger charge is -2.18. The summed E-state index contributed by atoms with van der Waals surface area (Å²) in [6.07, 6.45) is 4.64. The molecule has 1 aliphatic heterocycles. The number of aromatic nitrogens is 4. The Morgan fingerprint density at radius 2 is 1.97 bits per heavy atom. The molecule has 0 unspecified atom stereocenters. The third kappa shape index (κ3) is 3.84. The second-order valence-corrected chi connectivity index (χ2v) is 7.34. The molecule has 0 saturated carbocycles. The molecule has 1 saturated heterocycles. The van der Waals surface area contributed by atoms with E-state index in [2.05, 4.69) is 30.7 Å². The summed E-state index contributed by atoms with van der Waals surface area (Å²) in [5.41, 5.74) is 3.07. The molecular formula is C22H23N7O. The number of ether oxygens (including phenoxy) is 1. The molecule has 1 fully saturated rings. The standard InChI is InChI=1S/C22H23N7O/c1-30-19-5-2-16(3-6-19)25-18-9-11-29(14-18)22-23-10-8-21(27-22)26-17-4-7-20-15(12-17)13-24-28-20/h2-8,10,12-13,18,25H,9,11,14H2,1H3,(H,24,28)(H,23,26,27)/t18-/m1/s1. The number of nitrogens with zero attached hydrogens (tertiary/aromatic N) is 4. The molecule has 8 nitrogen and oxygen atoms in total. The Balaban J connectivity index is 1.24. The van der Waals surface area contributed by atoms with Crippen LogP contribution in [0.2, 0.25) is 0 Å². The molecule has 0 aliphatic carbocycles. The van der Waals surface area contributed by atoms with Gasteiger partial charge in [0.1, 0.15) is 11.6 Å². The number of aromatic amines is 1. The Bertz CT molecular complexity index is 1140. The number of benzene rings is 2. The van der Waals surface area contributed by atoms with Crippen LogP contribution in [0, 0.1) is 0 Å². The van der Waals surface area contributed by atoms with Crippen LogP contribution < -0.4 is 20.3 Å². The van der Waals surface area contributed by atoms with Crippen LogP contribution in [-0.2, 0) is 0 Å². The average molecular weight is 401 g/mol. The maximum atomic E-state index is 5.22. The molecule has 0 radical (unpaired) electrons. The SMILES string of the molecule is COc1ccc(N[C@@H]2CCN(c3nccc(Nc4ccc5[nH]ncc5c4)n3)C2)cc1. The lowest BCUT2D eigenvalue weighted by molar-refractivity contribution is 0.415. The molecule has 3 heterocycles. The van der Waals surface area contributed by atoms with E-state index in [9.17, 15) is 0 Å². The Labute approximate surface area is 174 Å². The number of nitrogens with one attached hydrogen (secondary N) is 3. The fraction of sp³-hybridized carbons (Fsp3) is 0.227. The van der Waals surface area contributed by atoms with Crippen molar-refractivity contribution < 1.29 is 4.74 Å². The monoisotopic (exact) mass is 401 g/mol. The van der Waals surface area contributed by atoms with Crippen LogP contribution in [0.4, 0.5) is 23.1 Å². The first-order chi connectivity index (χ1) is 14.8. The minimum Gasteiger partial charge on any atom is -0.497 e. The molecular weight excluding hydrogens is 378 g/mol. The van der Waals surface area contributed by atoms with E-state index in [1.54, 1.807) is 13.3 Å². The molecule has 3 N–H and O–H groups in total. The third-order valence-electron chi connectivity index (χ3n) is 5.29. The van der Waals surface area contributed by atoms with Crippen LogP contribution in [-0.4, -0.2) is 46.4 Å². The zero-order chi connectivity index (χ0) is 20.3. The predicted octanol–water partition coefficient (Wildman–Crippen LogP) is 3.80. The van der Waals surface area contributed by atoms with Crippen molar-refractivity contribution in [1.82, 2.24) is 20.2 Å². The van der Waals surface area contributed by atoms with Gasteiger partial charge < -0.3 is 20.3 Å². The Morgan fingerprint density at radius 3 is 2.83 bits per heavy atom. The van der Waals surface area contributed by atoms with E-state index in [1.807, 2.05) is 54.7 Å². The van der Waals surface area contributed by atoms with Gasteiger partial charge in [-0.1, -0.05) is 0 Å². The van der Waals surface area contributed by atoms with Crippen LogP contribution in [0.25, 0.3) is 10.9 Å². The molecule has 0 amide bonds. The second-order valence-electron chi connectivity index (χ2n) is 7.34. The number of methoxy groups -OCH3 is 1. The molecule has 8 heteroatoms. The smallest absolute Gasteiger partial charge is 0.227 e. The number of fused-ring (bicyclic) bond motifs is 1. The van der Waals surface area contributed by atoms with E-state index in [-0.39, 0.29) is 0 Å². The van der Waals surface area contributed by atoms with Crippen molar-refractivity contribution in [2.45, 2.75) is 12.5 Å². The second kappa shape index (κ2) is 7.90. The number of rotatable bonds is 6. The van der Waals surface area contributed by atoms with Gasteiger partial charge in [-0.2, -0.15) is 10.1 Å². The van der Waals surface area contributed by atoms with Gasteiger partial charge in [0.05, 0.1) is 18.8 Å². The van der Waals surface area contributed by atoms with Crippen LogP contribution in [0.1, 0.15) is 6.42 Å². The van der Waals surface area contributed by atoms with Crippen molar-refractivity contribution in [3.05, 3.63) is 60.9 Å². The van der Waals surface area contributed by atoms with Gasteiger partial charge in [-0.3, -0.25) is 5.10 Å². The number of hydrogen-bond acceptors (Lipinski definition) is 7. The van der Waals surface area contributed by atoms with E-state index in [4.69, 9.17) is 9.72 Å². The van der Waals surface area contributed by atoms with Crippen LogP contribution >= 0.6 is 0 Å². The first kappa shape index (κ1) is 18.2. The van der Waals surface area contributed by atoms with E-state index in [0.717, 1.165) is 59.3 Å². The van der Waals surface area contributed by atoms with Crippen LogP contribution in [0.15, 0.2) is 60.9 Å². The number of hydrogen-bond donors (Lipinski definition) is 3. The van der Waals surface area contributed by atoms with Crippen LogP contribution in [0.5, 0.6) is 5.75 Å². The average Bonchev–Trinajstić information content (AvgIpc) is 3.44. The van der Waals surface area contributed by atoms with Gasteiger partial charge in [0.25, 0.3) is 0 Å². The van der Waals surface area contributed by atoms with Crippen molar-refractivity contribution in [2.24, 2.45) is 0 Å². The van der Waals surface area contributed by atoms with Crippen molar-refractivity contribution in [1.29, 1.82) is 0 Å². The zero-order valence-electron chi connectivity index (χ0n) is 16.7. The molecule has 4 aromatic rings.